The largest absolute Gasteiger partial charge is 0.383 e. The summed E-state index contributed by atoms with van der Waals surface area (Å²) in [6.07, 6.45) is 3.30. The van der Waals surface area contributed by atoms with Crippen molar-refractivity contribution in [1.82, 2.24) is 15.1 Å². The molecular weight excluding hydrogens is 282 g/mol. The first-order valence-electron chi connectivity index (χ1n) is 7.21. The van der Waals surface area contributed by atoms with Gasteiger partial charge in [-0.25, -0.2) is 0 Å². The van der Waals surface area contributed by atoms with Crippen molar-refractivity contribution in [3.05, 3.63) is 53.9 Å². The molecule has 0 radical (unpaired) electrons. The van der Waals surface area contributed by atoms with E-state index in [0.29, 0.717) is 31.9 Å². The fourth-order valence-electron chi connectivity index (χ4n) is 2.45. The molecule has 1 aliphatic rings. The van der Waals surface area contributed by atoms with Crippen LogP contribution in [-0.4, -0.2) is 42.6 Å². The Labute approximate surface area is 129 Å². The highest BCUT2D eigenvalue weighted by Gasteiger charge is 2.41. The van der Waals surface area contributed by atoms with Crippen LogP contribution < -0.4 is 5.32 Å². The number of hydrogen-bond acceptors (Lipinski definition) is 4. The second-order valence-corrected chi connectivity index (χ2v) is 5.38. The SMILES string of the molecule is COCCn1cc(C(=O)NC2(c3ccccc3)COC2)cn1. The number of carbonyl (C=O) groups is 1. The van der Waals surface area contributed by atoms with E-state index in [1.165, 1.54) is 0 Å². The Balaban J connectivity index is 1.71. The minimum atomic E-state index is -0.438. The third kappa shape index (κ3) is 2.88. The normalized spacial score (nSPS) is 16.0. The molecule has 1 saturated heterocycles. The van der Waals surface area contributed by atoms with Gasteiger partial charge in [-0.05, 0) is 5.56 Å². The lowest BCUT2D eigenvalue weighted by atomic mass is 9.87. The average Bonchev–Trinajstić information content (AvgIpc) is 2.98. The molecule has 1 fully saturated rings. The van der Waals surface area contributed by atoms with Crippen molar-refractivity contribution in [2.75, 3.05) is 26.9 Å². The highest BCUT2D eigenvalue weighted by atomic mass is 16.5. The van der Waals surface area contributed by atoms with Crippen LogP contribution in [0.1, 0.15) is 15.9 Å². The van der Waals surface area contributed by atoms with Gasteiger partial charge < -0.3 is 14.8 Å². The van der Waals surface area contributed by atoms with E-state index in [1.807, 2.05) is 30.3 Å². The number of aromatic nitrogens is 2. The first-order chi connectivity index (χ1) is 10.7. The second kappa shape index (κ2) is 6.29. The van der Waals surface area contributed by atoms with Gasteiger partial charge in [0.2, 0.25) is 0 Å². The molecule has 1 N–H and O–H groups in total. The zero-order valence-electron chi connectivity index (χ0n) is 12.5. The lowest BCUT2D eigenvalue weighted by molar-refractivity contribution is -0.0733. The molecule has 0 bridgehead atoms. The number of amides is 1. The van der Waals surface area contributed by atoms with Gasteiger partial charge in [0.05, 0.1) is 38.1 Å². The van der Waals surface area contributed by atoms with Crippen molar-refractivity contribution in [1.29, 1.82) is 0 Å². The summed E-state index contributed by atoms with van der Waals surface area (Å²) in [5, 5.41) is 7.25. The smallest absolute Gasteiger partial charge is 0.255 e. The summed E-state index contributed by atoms with van der Waals surface area (Å²) in [6.45, 7) is 2.16. The van der Waals surface area contributed by atoms with Crippen LogP contribution >= 0.6 is 0 Å². The van der Waals surface area contributed by atoms with Crippen LogP contribution in [0.2, 0.25) is 0 Å². The molecule has 1 amide bonds. The number of nitrogens with one attached hydrogen (secondary N) is 1. The topological polar surface area (TPSA) is 65.4 Å². The van der Waals surface area contributed by atoms with Crippen molar-refractivity contribution in [3.8, 4) is 0 Å². The molecule has 0 unspecified atom stereocenters. The zero-order chi connectivity index (χ0) is 15.4. The van der Waals surface area contributed by atoms with E-state index < -0.39 is 5.54 Å². The fraction of sp³-hybridized carbons (Fsp3) is 0.375. The highest BCUT2D eigenvalue weighted by molar-refractivity contribution is 5.94. The van der Waals surface area contributed by atoms with Gasteiger partial charge in [-0.2, -0.15) is 5.10 Å². The molecule has 1 aliphatic heterocycles. The predicted molar refractivity (Wildman–Crippen MR) is 80.5 cm³/mol. The summed E-state index contributed by atoms with van der Waals surface area (Å²) in [7, 11) is 1.64. The summed E-state index contributed by atoms with van der Waals surface area (Å²) >= 11 is 0. The molecule has 1 aromatic heterocycles. The minimum absolute atomic E-state index is 0.143. The standard InChI is InChI=1S/C16H19N3O3/c1-21-8-7-19-10-13(9-17-19)15(20)18-16(11-22-12-16)14-5-3-2-4-6-14/h2-6,9-10H,7-8,11-12H2,1H3,(H,18,20). The molecule has 0 spiro atoms. The van der Waals surface area contributed by atoms with Crippen LogP contribution in [-0.2, 0) is 21.6 Å². The summed E-state index contributed by atoms with van der Waals surface area (Å²) in [5.74, 6) is -0.143. The summed E-state index contributed by atoms with van der Waals surface area (Å²) in [6, 6.07) is 9.89. The molecule has 2 heterocycles. The zero-order valence-corrected chi connectivity index (χ0v) is 12.5. The Morgan fingerprint density at radius 3 is 2.82 bits per heavy atom. The van der Waals surface area contributed by atoms with E-state index in [1.54, 1.807) is 24.2 Å². The van der Waals surface area contributed by atoms with Gasteiger partial charge in [0.1, 0.15) is 5.54 Å². The van der Waals surface area contributed by atoms with Crippen LogP contribution in [0.3, 0.4) is 0 Å². The summed E-state index contributed by atoms with van der Waals surface area (Å²) in [4.78, 5) is 12.5. The Morgan fingerprint density at radius 1 is 1.41 bits per heavy atom. The lowest BCUT2D eigenvalue weighted by Gasteiger charge is -2.42. The van der Waals surface area contributed by atoms with Crippen LogP contribution in [0, 0.1) is 0 Å². The summed E-state index contributed by atoms with van der Waals surface area (Å²) < 4.78 is 12.0. The number of rotatable bonds is 6. The van der Waals surface area contributed by atoms with E-state index >= 15 is 0 Å². The third-order valence-corrected chi connectivity index (χ3v) is 3.80. The molecule has 0 aliphatic carbocycles. The van der Waals surface area contributed by atoms with Crippen molar-refractivity contribution < 1.29 is 14.3 Å². The van der Waals surface area contributed by atoms with E-state index in [0.717, 1.165) is 5.56 Å². The molecule has 0 saturated carbocycles. The molecule has 2 aromatic rings. The van der Waals surface area contributed by atoms with Crippen molar-refractivity contribution in [2.45, 2.75) is 12.1 Å². The van der Waals surface area contributed by atoms with Crippen molar-refractivity contribution >= 4 is 5.91 Å². The third-order valence-electron chi connectivity index (χ3n) is 3.80. The van der Waals surface area contributed by atoms with E-state index in [2.05, 4.69) is 10.4 Å². The molecule has 3 rings (SSSR count). The molecule has 6 heteroatoms. The van der Waals surface area contributed by atoms with Crippen LogP contribution in [0.25, 0.3) is 0 Å². The van der Waals surface area contributed by atoms with E-state index in [4.69, 9.17) is 9.47 Å². The number of ether oxygens (including phenoxy) is 2. The highest BCUT2D eigenvalue weighted by Crippen LogP contribution is 2.29. The monoisotopic (exact) mass is 301 g/mol. The van der Waals surface area contributed by atoms with Crippen molar-refractivity contribution in [2.24, 2.45) is 0 Å². The Bertz CT molecular complexity index is 635. The lowest BCUT2D eigenvalue weighted by Crippen LogP contribution is -2.59. The number of hydrogen-bond donors (Lipinski definition) is 1. The molecule has 0 atom stereocenters. The molecular formula is C16H19N3O3. The average molecular weight is 301 g/mol. The van der Waals surface area contributed by atoms with E-state index in [9.17, 15) is 4.79 Å². The van der Waals surface area contributed by atoms with Gasteiger partial charge in [-0.15, -0.1) is 0 Å². The Hall–Kier alpha value is -2.18. The van der Waals surface area contributed by atoms with Crippen LogP contribution in [0.5, 0.6) is 0 Å². The van der Waals surface area contributed by atoms with Crippen molar-refractivity contribution in [3.63, 3.8) is 0 Å². The number of methoxy groups -OCH3 is 1. The van der Waals surface area contributed by atoms with Crippen LogP contribution in [0.15, 0.2) is 42.7 Å². The molecule has 6 nitrogen and oxygen atoms in total. The maximum absolute atomic E-state index is 12.5. The van der Waals surface area contributed by atoms with Gasteiger partial charge in [-0.1, -0.05) is 30.3 Å². The van der Waals surface area contributed by atoms with Gasteiger partial charge >= 0.3 is 0 Å². The summed E-state index contributed by atoms with van der Waals surface area (Å²) in [5.41, 5.74) is 1.16. The molecule has 116 valence electrons. The number of carbonyl (C=O) groups excluding carboxylic acids is 1. The number of benzene rings is 1. The number of nitrogens with zero attached hydrogens (tertiary/aromatic N) is 2. The van der Waals surface area contributed by atoms with E-state index in [-0.39, 0.29) is 5.91 Å². The minimum Gasteiger partial charge on any atom is -0.383 e. The fourth-order valence-corrected chi connectivity index (χ4v) is 2.45. The molecule has 22 heavy (non-hydrogen) atoms. The van der Waals surface area contributed by atoms with Crippen LogP contribution in [0.4, 0.5) is 0 Å². The first kappa shape index (κ1) is 14.7. The van der Waals surface area contributed by atoms with Gasteiger partial charge in [0.15, 0.2) is 0 Å². The maximum Gasteiger partial charge on any atom is 0.255 e. The Morgan fingerprint density at radius 2 is 2.18 bits per heavy atom. The Kier molecular flexibility index (Phi) is 4.22. The quantitative estimate of drug-likeness (QED) is 0.870. The van der Waals surface area contributed by atoms with Gasteiger partial charge in [-0.3, -0.25) is 9.48 Å². The first-order valence-corrected chi connectivity index (χ1v) is 7.21. The molecule has 1 aromatic carbocycles. The van der Waals surface area contributed by atoms with Gasteiger partial charge in [0, 0.05) is 13.3 Å². The second-order valence-electron chi connectivity index (χ2n) is 5.38. The maximum atomic E-state index is 12.5. The predicted octanol–water partition coefficient (Wildman–Crippen LogP) is 1.18. The van der Waals surface area contributed by atoms with Gasteiger partial charge in [0.25, 0.3) is 5.91 Å².